The number of hydrogen-bond acceptors (Lipinski definition) is 4. The average molecular weight is 399 g/mol. The second-order valence-corrected chi connectivity index (χ2v) is 15.7. The summed E-state index contributed by atoms with van der Waals surface area (Å²) in [7, 11) is 0. The maximum absolute atomic E-state index is 2.38. The molecule has 4 heteroatoms. The van der Waals surface area contributed by atoms with E-state index in [1.807, 2.05) is 0 Å². The Bertz CT molecular complexity index is 500. The summed E-state index contributed by atoms with van der Waals surface area (Å²) in [6.45, 7) is 7.15. The molecule has 134 valence electrons. The highest BCUT2D eigenvalue weighted by atomic mass is 32.3. The highest BCUT2D eigenvalue weighted by molar-refractivity contribution is 8.48. The highest BCUT2D eigenvalue weighted by Crippen LogP contribution is 2.66. The van der Waals surface area contributed by atoms with Crippen molar-refractivity contribution in [3.8, 4) is 0 Å². The Morgan fingerprint density at radius 3 is 1.92 bits per heavy atom. The van der Waals surface area contributed by atoms with Gasteiger partial charge >= 0.3 is 0 Å². The van der Waals surface area contributed by atoms with Gasteiger partial charge in [0.1, 0.15) is 0 Å². The molecular weight excluding hydrogens is 368 g/mol. The third kappa shape index (κ3) is 6.41. The molecule has 0 heterocycles. The van der Waals surface area contributed by atoms with E-state index >= 15 is 0 Å². The maximum atomic E-state index is 2.38. The molecule has 0 amide bonds. The molecule has 0 bridgehead atoms. The third-order valence-electron chi connectivity index (χ3n) is 4.12. The minimum atomic E-state index is 0.197. The summed E-state index contributed by atoms with van der Waals surface area (Å²) in [5, 5.41) is 1.73. The summed E-state index contributed by atoms with van der Waals surface area (Å²) in [6.07, 6.45) is 9.96. The predicted octanol–water partition coefficient (Wildman–Crippen LogP) is 7.88. The Balaban J connectivity index is 1.82. The molecule has 2 aliphatic rings. The van der Waals surface area contributed by atoms with Gasteiger partial charge in [0, 0.05) is 20.1 Å². The fourth-order valence-electron chi connectivity index (χ4n) is 2.93. The number of rotatable bonds is 7. The van der Waals surface area contributed by atoms with Gasteiger partial charge in [0.2, 0.25) is 0 Å². The van der Waals surface area contributed by atoms with Crippen LogP contribution in [0.15, 0.2) is 35.2 Å². The fraction of sp³-hybridized carbons (Fsp3) is 0.700. The Labute approximate surface area is 165 Å². The van der Waals surface area contributed by atoms with Crippen molar-refractivity contribution in [3.05, 3.63) is 30.3 Å². The van der Waals surface area contributed by atoms with Crippen molar-refractivity contribution < 1.29 is 0 Å². The predicted molar refractivity (Wildman–Crippen MR) is 117 cm³/mol. The van der Waals surface area contributed by atoms with Crippen LogP contribution in [-0.2, 0) is 0 Å². The highest BCUT2D eigenvalue weighted by Gasteiger charge is 2.44. The first-order valence-corrected chi connectivity index (χ1v) is 12.6. The van der Waals surface area contributed by atoms with E-state index in [1.165, 1.54) is 49.8 Å². The minimum Gasteiger partial charge on any atom is -0.119 e. The van der Waals surface area contributed by atoms with Gasteiger partial charge in [-0.2, -0.15) is 0 Å². The van der Waals surface area contributed by atoms with Gasteiger partial charge in [-0.3, -0.25) is 0 Å². The van der Waals surface area contributed by atoms with Gasteiger partial charge < -0.3 is 0 Å². The second-order valence-electron chi connectivity index (χ2n) is 7.82. The number of hydrogen-bond donors (Lipinski definition) is 0. The van der Waals surface area contributed by atoms with Crippen LogP contribution >= 0.6 is 47.0 Å². The summed E-state index contributed by atoms with van der Waals surface area (Å²) in [5.74, 6) is 0. The van der Waals surface area contributed by atoms with Crippen molar-refractivity contribution in [1.29, 1.82) is 0 Å². The van der Waals surface area contributed by atoms with Crippen molar-refractivity contribution in [2.24, 2.45) is 0 Å². The van der Waals surface area contributed by atoms with Gasteiger partial charge in [0.15, 0.2) is 2.74 Å². The lowest BCUT2D eigenvalue weighted by molar-refractivity contribution is 0.516. The van der Waals surface area contributed by atoms with Gasteiger partial charge in [0.25, 0.3) is 0 Å². The molecule has 0 nitrogen and oxygen atoms in total. The molecule has 1 aromatic rings. The van der Waals surface area contributed by atoms with Gasteiger partial charge in [-0.15, -0.1) is 35.3 Å². The standard InChI is InChI=1S/C20H30S4/c1-19(2,3)24-20(23-18-14-15-18,21-16-10-6-4-7-11-16)22-17-12-8-5-9-13-17/h4,6-7,10-11,17-18H,5,8-9,12-15H2,1-3H3. The van der Waals surface area contributed by atoms with Crippen molar-refractivity contribution >= 4 is 47.0 Å². The average Bonchev–Trinajstić information content (AvgIpc) is 3.31. The first kappa shape index (κ1) is 19.4. The molecule has 0 N–H and O–H groups in total. The molecule has 2 saturated carbocycles. The molecule has 24 heavy (non-hydrogen) atoms. The van der Waals surface area contributed by atoms with Crippen LogP contribution in [0, 0.1) is 0 Å². The lowest BCUT2D eigenvalue weighted by Crippen LogP contribution is -2.25. The van der Waals surface area contributed by atoms with E-state index in [2.05, 4.69) is 98.2 Å². The lowest BCUT2D eigenvalue weighted by Gasteiger charge is -2.40. The van der Waals surface area contributed by atoms with E-state index in [0.29, 0.717) is 0 Å². The molecule has 3 rings (SSSR count). The zero-order valence-corrected chi connectivity index (χ0v) is 18.4. The maximum Gasteiger partial charge on any atom is 0.159 e. The van der Waals surface area contributed by atoms with Crippen molar-refractivity contribution in [2.45, 2.75) is 88.6 Å². The van der Waals surface area contributed by atoms with Crippen LogP contribution in [0.5, 0.6) is 0 Å². The van der Waals surface area contributed by atoms with E-state index in [-0.39, 0.29) is 7.49 Å². The van der Waals surface area contributed by atoms with Gasteiger partial charge in [-0.1, -0.05) is 70.0 Å². The summed E-state index contributed by atoms with van der Waals surface area (Å²) in [6, 6.07) is 11.1. The topological polar surface area (TPSA) is 0 Å². The quantitative estimate of drug-likeness (QED) is 0.338. The number of thioether (sulfide) groups is 4. The van der Waals surface area contributed by atoms with E-state index in [1.54, 1.807) is 0 Å². The largest absolute Gasteiger partial charge is 0.159 e. The molecule has 0 spiro atoms. The minimum absolute atomic E-state index is 0.197. The second kappa shape index (κ2) is 8.54. The fourth-order valence-corrected chi connectivity index (χ4v) is 12.7. The molecular formula is C20H30S4. The van der Waals surface area contributed by atoms with Crippen LogP contribution in [0.1, 0.15) is 65.7 Å². The molecule has 0 radical (unpaired) electrons. The van der Waals surface area contributed by atoms with Crippen molar-refractivity contribution in [3.63, 3.8) is 0 Å². The summed E-state index contributed by atoms with van der Waals surface area (Å²) in [4.78, 5) is 1.42. The molecule has 2 fully saturated rings. The van der Waals surface area contributed by atoms with Crippen LogP contribution in [0.2, 0.25) is 0 Å². The van der Waals surface area contributed by atoms with Crippen LogP contribution in [0.4, 0.5) is 0 Å². The summed E-state index contributed by atoms with van der Waals surface area (Å²) < 4.78 is 0.480. The number of benzene rings is 1. The molecule has 1 unspecified atom stereocenters. The Kier molecular flexibility index (Phi) is 6.90. The lowest BCUT2D eigenvalue weighted by atomic mass is 10.0. The first-order chi connectivity index (χ1) is 11.4. The van der Waals surface area contributed by atoms with Gasteiger partial charge in [-0.05, 0) is 37.8 Å². The van der Waals surface area contributed by atoms with E-state index < -0.39 is 0 Å². The van der Waals surface area contributed by atoms with E-state index in [4.69, 9.17) is 0 Å². The Hall–Kier alpha value is 0.620. The zero-order chi connectivity index (χ0) is 17.0. The molecule has 0 aliphatic heterocycles. The van der Waals surface area contributed by atoms with Gasteiger partial charge in [0.05, 0.1) is 0 Å². The van der Waals surface area contributed by atoms with Crippen LogP contribution in [0.3, 0.4) is 0 Å². The summed E-state index contributed by atoms with van der Waals surface area (Å²) in [5.41, 5.74) is 0. The molecule has 1 aromatic carbocycles. The third-order valence-corrected chi connectivity index (χ3v) is 11.2. The van der Waals surface area contributed by atoms with E-state index in [9.17, 15) is 0 Å². The van der Waals surface area contributed by atoms with Crippen LogP contribution in [0.25, 0.3) is 0 Å². The smallest absolute Gasteiger partial charge is 0.119 e. The zero-order valence-electron chi connectivity index (χ0n) is 15.1. The Morgan fingerprint density at radius 1 is 0.792 bits per heavy atom. The Morgan fingerprint density at radius 2 is 1.38 bits per heavy atom. The normalized spacial score (nSPS) is 22.3. The molecule has 1 atom stereocenters. The molecule has 0 aromatic heterocycles. The van der Waals surface area contributed by atoms with Crippen molar-refractivity contribution in [2.75, 3.05) is 0 Å². The molecule has 2 aliphatic carbocycles. The SMILES string of the molecule is CC(C)(C)SC(Sc1ccccc1)(SC1CCCCC1)SC1CC1. The van der Waals surface area contributed by atoms with E-state index in [0.717, 1.165) is 10.5 Å². The van der Waals surface area contributed by atoms with Gasteiger partial charge in [-0.25, -0.2) is 0 Å². The van der Waals surface area contributed by atoms with Crippen LogP contribution in [-0.4, -0.2) is 18.0 Å². The van der Waals surface area contributed by atoms with Crippen LogP contribution < -0.4 is 0 Å². The summed E-state index contributed by atoms with van der Waals surface area (Å²) >= 11 is 8.86. The van der Waals surface area contributed by atoms with Crippen molar-refractivity contribution in [1.82, 2.24) is 0 Å². The first-order valence-electron chi connectivity index (χ1n) is 9.24. The molecule has 0 saturated heterocycles. The monoisotopic (exact) mass is 398 g/mol.